The number of hydrogen-bond donors (Lipinski definition) is 2. The molecule has 0 aromatic carbocycles. The highest BCUT2D eigenvalue weighted by Gasteiger charge is 2.03. The van der Waals surface area contributed by atoms with Gasteiger partial charge in [0.15, 0.2) is 0 Å². The summed E-state index contributed by atoms with van der Waals surface area (Å²) in [5.74, 6) is 0.283. The van der Waals surface area contributed by atoms with Gasteiger partial charge in [0.05, 0.1) is 0 Å². The maximum atomic E-state index is 11.3. The lowest BCUT2D eigenvalue weighted by atomic mass is 10.6. The van der Waals surface area contributed by atoms with E-state index in [1.165, 1.54) is 4.68 Å². The summed E-state index contributed by atoms with van der Waals surface area (Å²) in [5.41, 5.74) is 0. The van der Waals surface area contributed by atoms with Crippen molar-refractivity contribution in [2.24, 2.45) is 0 Å². The molecule has 2 aromatic rings. The Hall–Kier alpha value is -2.11. The van der Waals surface area contributed by atoms with Crippen LogP contribution >= 0.6 is 0 Å². The van der Waals surface area contributed by atoms with Crippen LogP contribution in [-0.2, 0) is 11.3 Å². The summed E-state index contributed by atoms with van der Waals surface area (Å²) in [5, 5.41) is 6.50. The van der Waals surface area contributed by atoms with Crippen LogP contribution in [0.4, 0.5) is 5.95 Å². The van der Waals surface area contributed by atoms with E-state index >= 15 is 0 Å². The molecule has 0 saturated heterocycles. The number of rotatable bonds is 3. The van der Waals surface area contributed by atoms with Gasteiger partial charge in [-0.05, 0) is 6.07 Å². The Morgan fingerprint density at radius 1 is 1.57 bits per heavy atom. The highest BCUT2D eigenvalue weighted by atomic mass is 16.2. The van der Waals surface area contributed by atoms with Gasteiger partial charge in [-0.2, -0.15) is 5.10 Å². The van der Waals surface area contributed by atoms with Crippen molar-refractivity contribution in [2.45, 2.75) is 6.54 Å². The van der Waals surface area contributed by atoms with Gasteiger partial charge < -0.3 is 4.98 Å². The molecule has 0 saturated carbocycles. The van der Waals surface area contributed by atoms with Gasteiger partial charge in [0.1, 0.15) is 6.54 Å². The van der Waals surface area contributed by atoms with Crippen LogP contribution in [0.5, 0.6) is 0 Å². The van der Waals surface area contributed by atoms with E-state index in [0.717, 1.165) is 0 Å². The molecule has 2 N–H and O–H groups in total. The third kappa shape index (κ3) is 1.98. The highest BCUT2D eigenvalue weighted by molar-refractivity contribution is 5.88. The third-order valence-corrected chi connectivity index (χ3v) is 1.62. The Balaban J connectivity index is 1.91. The number of H-pyrrole nitrogens is 1. The lowest BCUT2D eigenvalue weighted by Gasteiger charge is -2.01. The van der Waals surface area contributed by atoms with Crippen LogP contribution in [-0.4, -0.2) is 25.7 Å². The number of nitrogens with zero attached hydrogens (tertiary/aromatic N) is 3. The standard InChI is InChI=1S/C8H9N5O/c14-7(6-13-5-1-2-11-13)12-8-9-3-4-10-8/h1-5H,6H2,(H2,9,10,12,14). The average Bonchev–Trinajstić information content (AvgIpc) is 2.76. The predicted molar refractivity (Wildman–Crippen MR) is 49.4 cm³/mol. The molecule has 0 spiro atoms. The number of carbonyl (C=O) groups is 1. The summed E-state index contributed by atoms with van der Waals surface area (Å²) >= 11 is 0. The molecule has 2 heterocycles. The quantitative estimate of drug-likeness (QED) is 0.729. The monoisotopic (exact) mass is 191 g/mol. The van der Waals surface area contributed by atoms with Crippen LogP contribution in [0.15, 0.2) is 30.9 Å². The maximum absolute atomic E-state index is 11.3. The topological polar surface area (TPSA) is 75.6 Å². The zero-order valence-corrected chi connectivity index (χ0v) is 7.34. The summed E-state index contributed by atoms with van der Waals surface area (Å²) in [6.07, 6.45) is 6.56. The van der Waals surface area contributed by atoms with Crippen LogP contribution in [0, 0.1) is 0 Å². The zero-order chi connectivity index (χ0) is 9.80. The van der Waals surface area contributed by atoms with Gasteiger partial charge in [-0.1, -0.05) is 0 Å². The number of aromatic nitrogens is 4. The minimum absolute atomic E-state index is 0.163. The van der Waals surface area contributed by atoms with Crippen LogP contribution in [0.2, 0.25) is 0 Å². The summed E-state index contributed by atoms with van der Waals surface area (Å²) in [6.45, 7) is 0.188. The van der Waals surface area contributed by atoms with Crippen LogP contribution < -0.4 is 5.32 Å². The molecule has 1 amide bonds. The molecule has 0 bridgehead atoms. The molecule has 0 atom stereocenters. The Labute approximate surface area is 80.0 Å². The van der Waals surface area contributed by atoms with E-state index in [0.29, 0.717) is 5.95 Å². The molecule has 6 nitrogen and oxygen atoms in total. The minimum atomic E-state index is -0.163. The van der Waals surface area contributed by atoms with E-state index in [9.17, 15) is 4.79 Å². The number of amides is 1. The fourth-order valence-corrected chi connectivity index (χ4v) is 1.05. The van der Waals surface area contributed by atoms with Gasteiger partial charge in [0.25, 0.3) is 0 Å². The first kappa shape index (κ1) is 8.49. The fraction of sp³-hybridized carbons (Fsp3) is 0.125. The second-order valence-electron chi connectivity index (χ2n) is 2.69. The molecule has 0 aliphatic carbocycles. The molecule has 6 heteroatoms. The van der Waals surface area contributed by atoms with E-state index in [2.05, 4.69) is 20.4 Å². The molecule has 0 radical (unpaired) electrons. The predicted octanol–water partition coefficient (Wildman–Crippen LogP) is 0.245. The Morgan fingerprint density at radius 3 is 3.14 bits per heavy atom. The van der Waals surface area contributed by atoms with Crippen molar-refractivity contribution in [3.8, 4) is 0 Å². The van der Waals surface area contributed by atoms with Gasteiger partial charge >= 0.3 is 0 Å². The van der Waals surface area contributed by atoms with Crippen LogP contribution in [0.25, 0.3) is 0 Å². The molecule has 2 aromatic heterocycles. The van der Waals surface area contributed by atoms with E-state index in [-0.39, 0.29) is 12.5 Å². The lowest BCUT2D eigenvalue weighted by molar-refractivity contribution is -0.116. The molecule has 72 valence electrons. The van der Waals surface area contributed by atoms with Gasteiger partial charge in [-0.3, -0.25) is 14.8 Å². The van der Waals surface area contributed by atoms with Crippen LogP contribution in [0.1, 0.15) is 0 Å². The molecule has 14 heavy (non-hydrogen) atoms. The van der Waals surface area contributed by atoms with Gasteiger partial charge in [0.2, 0.25) is 11.9 Å². The molecular weight excluding hydrogens is 182 g/mol. The molecule has 0 fully saturated rings. The van der Waals surface area contributed by atoms with Gasteiger partial charge in [-0.25, -0.2) is 4.98 Å². The SMILES string of the molecule is O=C(Cn1cccn1)Nc1ncc[nH]1. The van der Waals surface area contributed by atoms with Crippen molar-refractivity contribution < 1.29 is 4.79 Å². The summed E-state index contributed by atoms with van der Waals surface area (Å²) in [4.78, 5) is 18.0. The fourth-order valence-electron chi connectivity index (χ4n) is 1.05. The number of nitrogens with one attached hydrogen (secondary N) is 2. The van der Waals surface area contributed by atoms with Gasteiger partial charge in [-0.15, -0.1) is 0 Å². The number of imidazole rings is 1. The smallest absolute Gasteiger partial charge is 0.248 e. The maximum Gasteiger partial charge on any atom is 0.248 e. The summed E-state index contributed by atoms with van der Waals surface area (Å²) in [7, 11) is 0. The van der Waals surface area contributed by atoms with Crippen molar-refractivity contribution in [1.82, 2.24) is 19.7 Å². The van der Waals surface area contributed by atoms with Crippen molar-refractivity contribution in [3.63, 3.8) is 0 Å². The van der Waals surface area contributed by atoms with Crippen LogP contribution in [0.3, 0.4) is 0 Å². The molecule has 0 aliphatic rings. The largest absolute Gasteiger partial charge is 0.331 e. The molecule has 0 aliphatic heterocycles. The second kappa shape index (κ2) is 3.73. The van der Waals surface area contributed by atoms with E-state index < -0.39 is 0 Å². The molecule has 0 unspecified atom stereocenters. The number of anilines is 1. The van der Waals surface area contributed by atoms with E-state index in [1.54, 1.807) is 30.9 Å². The highest BCUT2D eigenvalue weighted by Crippen LogP contribution is 1.95. The first-order chi connectivity index (χ1) is 6.84. The number of aromatic amines is 1. The number of hydrogen-bond acceptors (Lipinski definition) is 3. The summed E-state index contributed by atoms with van der Waals surface area (Å²) < 4.78 is 1.54. The Morgan fingerprint density at radius 2 is 2.50 bits per heavy atom. The lowest BCUT2D eigenvalue weighted by Crippen LogP contribution is -2.19. The van der Waals surface area contributed by atoms with Crippen molar-refractivity contribution in [3.05, 3.63) is 30.9 Å². The number of carbonyl (C=O) groups excluding carboxylic acids is 1. The molecule has 2 rings (SSSR count). The minimum Gasteiger partial charge on any atom is -0.331 e. The average molecular weight is 191 g/mol. The van der Waals surface area contributed by atoms with E-state index in [1.807, 2.05) is 0 Å². The van der Waals surface area contributed by atoms with Crippen molar-refractivity contribution >= 4 is 11.9 Å². The molecular formula is C8H9N5O. The van der Waals surface area contributed by atoms with Crippen molar-refractivity contribution in [2.75, 3.05) is 5.32 Å². The zero-order valence-electron chi connectivity index (χ0n) is 7.34. The second-order valence-corrected chi connectivity index (χ2v) is 2.69. The first-order valence-corrected chi connectivity index (χ1v) is 4.11. The van der Waals surface area contributed by atoms with E-state index in [4.69, 9.17) is 0 Å². The first-order valence-electron chi connectivity index (χ1n) is 4.11. The Kier molecular flexibility index (Phi) is 2.26. The van der Waals surface area contributed by atoms with Gasteiger partial charge in [0, 0.05) is 24.8 Å². The summed E-state index contributed by atoms with van der Waals surface area (Å²) in [6, 6.07) is 1.76. The normalized spacial score (nSPS) is 10.0. The van der Waals surface area contributed by atoms with Crippen molar-refractivity contribution in [1.29, 1.82) is 0 Å². The third-order valence-electron chi connectivity index (χ3n) is 1.62. The Bertz CT molecular complexity index is 353.